The standard InChI is InChI=1S/C13H16ClNO4/c1-8(13(17)19-3)15-11(16)7-9-5-4-6-10(14)12(9)18-2/h4-6,8H,7H2,1-3H3,(H,15,16)/t8-/m0/s1. The van der Waals surface area contributed by atoms with Gasteiger partial charge in [0.25, 0.3) is 0 Å². The third-order valence-electron chi connectivity index (χ3n) is 2.54. The number of rotatable bonds is 5. The van der Waals surface area contributed by atoms with Crippen molar-refractivity contribution in [3.63, 3.8) is 0 Å². The van der Waals surface area contributed by atoms with Crippen LogP contribution in [0.2, 0.25) is 5.02 Å². The molecule has 1 rings (SSSR count). The molecular weight excluding hydrogens is 270 g/mol. The maximum Gasteiger partial charge on any atom is 0.328 e. The number of nitrogens with one attached hydrogen (secondary N) is 1. The molecular formula is C13H16ClNO4. The van der Waals surface area contributed by atoms with Crippen LogP contribution in [0.5, 0.6) is 5.75 Å². The van der Waals surface area contributed by atoms with Crippen molar-refractivity contribution in [1.82, 2.24) is 5.32 Å². The minimum Gasteiger partial charge on any atom is -0.495 e. The molecule has 19 heavy (non-hydrogen) atoms. The van der Waals surface area contributed by atoms with E-state index in [0.29, 0.717) is 16.3 Å². The first kappa shape index (κ1) is 15.3. The Bertz CT molecular complexity index is 476. The van der Waals surface area contributed by atoms with E-state index in [1.165, 1.54) is 14.2 Å². The fourth-order valence-corrected chi connectivity index (χ4v) is 1.89. The van der Waals surface area contributed by atoms with Crippen molar-refractivity contribution in [2.24, 2.45) is 0 Å². The Morgan fingerprint density at radius 1 is 1.37 bits per heavy atom. The Hall–Kier alpha value is -1.75. The molecule has 1 atom stereocenters. The van der Waals surface area contributed by atoms with Gasteiger partial charge in [-0.15, -0.1) is 0 Å². The topological polar surface area (TPSA) is 64.6 Å². The van der Waals surface area contributed by atoms with E-state index in [0.717, 1.165) is 0 Å². The third-order valence-corrected chi connectivity index (χ3v) is 2.83. The van der Waals surface area contributed by atoms with Gasteiger partial charge in [-0.05, 0) is 13.0 Å². The molecule has 1 aromatic rings. The molecule has 1 N–H and O–H groups in total. The molecule has 0 bridgehead atoms. The van der Waals surface area contributed by atoms with Crippen molar-refractivity contribution in [2.75, 3.05) is 14.2 Å². The highest BCUT2D eigenvalue weighted by Gasteiger charge is 2.17. The lowest BCUT2D eigenvalue weighted by molar-refractivity contribution is -0.144. The summed E-state index contributed by atoms with van der Waals surface area (Å²) in [4.78, 5) is 23.0. The number of esters is 1. The second-order valence-corrected chi connectivity index (χ2v) is 4.33. The Morgan fingerprint density at radius 3 is 2.63 bits per heavy atom. The molecule has 1 aromatic carbocycles. The second-order valence-electron chi connectivity index (χ2n) is 3.92. The summed E-state index contributed by atoms with van der Waals surface area (Å²) in [6.45, 7) is 1.55. The van der Waals surface area contributed by atoms with E-state index in [2.05, 4.69) is 10.1 Å². The zero-order valence-corrected chi connectivity index (χ0v) is 11.8. The van der Waals surface area contributed by atoms with Crippen molar-refractivity contribution < 1.29 is 19.1 Å². The highest BCUT2D eigenvalue weighted by molar-refractivity contribution is 6.32. The second kappa shape index (κ2) is 6.99. The molecule has 0 heterocycles. The van der Waals surface area contributed by atoms with Crippen LogP contribution < -0.4 is 10.1 Å². The molecule has 5 nitrogen and oxygen atoms in total. The summed E-state index contributed by atoms with van der Waals surface area (Å²) >= 11 is 5.96. The van der Waals surface area contributed by atoms with Crippen LogP contribution >= 0.6 is 11.6 Å². The van der Waals surface area contributed by atoms with E-state index in [-0.39, 0.29) is 12.3 Å². The zero-order chi connectivity index (χ0) is 14.4. The molecule has 104 valence electrons. The average Bonchev–Trinajstić information content (AvgIpc) is 2.37. The van der Waals surface area contributed by atoms with Crippen LogP contribution in [-0.2, 0) is 20.7 Å². The van der Waals surface area contributed by atoms with Gasteiger partial charge in [-0.25, -0.2) is 4.79 Å². The fraction of sp³-hybridized carbons (Fsp3) is 0.385. The molecule has 0 fully saturated rings. The van der Waals surface area contributed by atoms with Gasteiger partial charge in [0.05, 0.1) is 25.7 Å². The van der Waals surface area contributed by atoms with E-state index in [9.17, 15) is 9.59 Å². The van der Waals surface area contributed by atoms with Gasteiger partial charge in [0.1, 0.15) is 11.8 Å². The number of carbonyl (C=O) groups is 2. The van der Waals surface area contributed by atoms with Gasteiger partial charge in [-0.3, -0.25) is 4.79 Å². The van der Waals surface area contributed by atoms with Crippen LogP contribution in [0.1, 0.15) is 12.5 Å². The number of hydrogen-bond acceptors (Lipinski definition) is 4. The van der Waals surface area contributed by atoms with Gasteiger partial charge in [-0.1, -0.05) is 23.7 Å². The van der Waals surface area contributed by atoms with Gasteiger partial charge < -0.3 is 14.8 Å². The number of hydrogen-bond donors (Lipinski definition) is 1. The number of ether oxygens (including phenoxy) is 2. The zero-order valence-electron chi connectivity index (χ0n) is 11.0. The smallest absolute Gasteiger partial charge is 0.328 e. The Labute approximate surface area is 116 Å². The van der Waals surface area contributed by atoms with Crippen molar-refractivity contribution in [3.05, 3.63) is 28.8 Å². The van der Waals surface area contributed by atoms with Crippen molar-refractivity contribution in [2.45, 2.75) is 19.4 Å². The first-order chi connectivity index (χ1) is 8.99. The van der Waals surface area contributed by atoms with Crippen molar-refractivity contribution in [3.8, 4) is 5.75 Å². The van der Waals surface area contributed by atoms with Crippen LogP contribution in [0.15, 0.2) is 18.2 Å². The fourth-order valence-electron chi connectivity index (χ4n) is 1.62. The number of para-hydroxylation sites is 1. The van der Waals surface area contributed by atoms with Crippen LogP contribution in [-0.4, -0.2) is 32.1 Å². The van der Waals surface area contributed by atoms with Gasteiger partial charge in [0, 0.05) is 5.56 Å². The quantitative estimate of drug-likeness (QED) is 0.834. The highest BCUT2D eigenvalue weighted by Crippen LogP contribution is 2.28. The molecule has 0 aliphatic rings. The summed E-state index contributed by atoms with van der Waals surface area (Å²) in [5, 5.41) is 2.98. The molecule has 0 aliphatic carbocycles. The van der Waals surface area contributed by atoms with Crippen LogP contribution in [0.25, 0.3) is 0 Å². The van der Waals surface area contributed by atoms with Crippen molar-refractivity contribution in [1.29, 1.82) is 0 Å². The van der Waals surface area contributed by atoms with E-state index in [1.807, 2.05) is 0 Å². The number of carbonyl (C=O) groups excluding carboxylic acids is 2. The first-order valence-corrected chi connectivity index (χ1v) is 6.06. The monoisotopic (exact) mass is 285 g/mol. The predicted molar refractivity (Wildman–Crippen MR) is 71.3 cm³/mol. The molecule has 6 heteroatoms. The Balaban J connectivity index is 2.72. The van der Waals surface area contributed by atoms with E-state index in [1.54, 1.807) is 25.1 Å². The third kappa shape index (κ3) is 4.13. The average molecular weight is 286 g/mol. The van der Waals surface area contributed by atoms with Gasteiger partial charge in [-0.2, -0.15) is 0 Å². The maximum atomic E-state index is 11.8. The number of halogens is 1. The molecule has 0 spiro atoms. The summed E-state index contributed by atoms with van der Waals surface area (Å²) in [6, 6.07) is 4.46. The van der Waals surface area contributed by atoms with E-state index < -0.39 is 12.0 Å². The molecule has 0 radical (unpaired) electrons. The summed E-state index contributed by atoms with van der Waals surface area (Å²) in [6.07, 6.45) is 0.0745. The summed E-state index contributed by atoms with van der Waals surface area (Å²) in [7, 11) is 2.75. The summed E-state index contributed by atoms with van der Waals surface area (Å²) < 4.78 is 9.67. The van der Waals surface area contributed by atoms with Crippen LogP contribution in [0.3, 0.4) is 0 Å². The molecule has 0 unspecified atom stereocenters. The highest BCUT2D eigenvalue weighted by atomic mass is 35.5. The van der Waals surface area contributed by atoms with Gasteiger partial charge >= 0.3 is 5.97 Å². The normalized spacial score (nSPS) is 11.6. The van der Waals surface area contributed by atoms with Crippen LogP contribution in [0, 0.1) is 0 Å². The molecule has 1 amide bonds. The van der Waals surface area contributed by atoms with Crippen LogP contribution in [0.4, 0.5) is 0 Å². The summed E-state index contributed by atoms with van der Waals surface area (Å²) in [5.41, 5.74) is 0.657. The number of benzene rings is 1. The largest absolute Gasteiger partial charge is 0.495 e. The van der Waals surface area contributed by atoms with Crippen molar-refractivity contribution >= 4 is 23.5 Å². The molecule has 0 saturated carbocycles. The summed E-state index contributed by atoms with van der Waals surface area (Å²) in [5.74, 6) is -0.338. The first-order valence-electron chi connectivity index (χ1n) is 5.68. The predicted octanol–water partition coefficient (Wildman–Crippen LogP) is 1.57. The lowest BCUT2D eigenvalue weighted by atomic mass is 10.1. The molecule has 0 aromatic heterocycles. The van der Waals surface area contributed by atoms with Gasteiger partial charge in [0.2, 0.25) is 5.91 Å². The maximum absolute atomic E-state index is 11.8. The Morgan fingerprint density at radius 2 is 2.05 bits per heavy atom. The van der Waals surface area contributed by atoms with E-state index in [4.69, 9.17) is 16.3 Å². The molecule has 0 aliphatic heterocycles. The Kier molecular flexibility index (Phi) is 5.63. The lowest BCUT2D eigenvalue weighted by Gasteiger charge is -2.13. The number of amides is 1. The minimum atomic E-state index is -0.692. The van der Waals surface area contributed by atoms with Gasteiger partial charge in [0.15, 0.2) is 0 Å². The minimum absolute atomic E-state index is 0.0745. The van der Waals surface area contributed by atoms with E-state index >= 15 is 0 Å². The molecule has 0 saturated heterocycles. The number of methoxy groups -OCH3 is 2. The SMILES string of the molecule is COC(=O)[C@H](C)NC(=O)Cc1cccc(Cl)c1OC. The lowest BCUT2D eigenvalue weighted by Crippen LogP contribution is -2.39.